The highest BCUT2D eigenvalue weighted by Crippen LogP contribution is 2.26. The summed E-state index contributed by atoms with van der Waals surface area (Å²) >= 11 is 3.45. The summed E-state index contributed by atoms with van der Waals surface area (Å²) in [5.74, 6) is 1.23. The number of benzene rings is 1. The molecule has 2 heterocycles. The van der Waals surface area contributed by atoms with Crippen molar-refractivity contribution in [3.05, 3.63) is 40.8 Å². The van der Waals surface area contributed by atoms with Gasteiger partial charge >= 0.3 is 0 Å². The lowest BCUT2D eigenvalue weighted by Crippen LogP contribution is -1.94. The maximum Gasteiger partial charge on any atom is 0.109 e. The Morgan fingerprint density at radius 2 is 1.94 bits per heavy atom. The van der Waals surface area contributed by atoms with Gasteiger partial charge in [0, 0.05) is 17.4 Å². The van der Waals surface area contributed by atoms with Crippen LogP contribution in [0.1, 0.15) is 12.2 Å². The molecule has 0 amide bonds. The fourth-order valence-corrected chi connectivity index (χ4v) is 2.37. The SMILES string of the molecule is Br.Brc1ccc(-c2cnc3n2CCC3)cc1. The molecule has 3 rings (SSSR count). The zero-order valence-electron chi connectivity index (χ0n) is 8.69. The van der Waals surface area contributed by atoms with Gasteiger partial charge in [-0.15, -0.1) is 17.0 Å². The Hall–Kier alpha value is -0.610. The highest BCUT2D eigenvalue weighted by Gasteiger charge is 2.15. The second-order valence-corrected chi connectivity index (χ2v) is 4.74. The Morgan fingerprint density at radius 3 is 2.69 bits per heavy atom. The van der Waals surface area contributed by atoms with Gasteiger partial charge in [-0.3, -0.25) is 0 Å². The van der Waals surface area contributed by atoms with Crippen LogP contribution in [0.15, 0.2) is 34.9 Å². The second-order valence-electron chi connectivity index (χ2n) is 3.82. The van der Waals surface area contributed by atoms with E-state index in [2.05, 4.69) is 49.7 Å². The third-order valence-corrected chi connectivity index (χ3v) is 3.39. The molecule has 0 spiro atoms. The molecule has 1 aliphatic heterocycles. The first-order valence-electron chi connectivity index (χ1n) is 5.15. The minimum atomic E-state index is 0. The molecule has 0 aliphatic carbocycles. The molecule has 84 valence electrons. The number of aryl methyl sites for hydroxylation is 1. The smallest absolute Gasteiger partial charge is 0.109 e. The van der Waals surface area contributed by atoms with E-state index in [9.17, 15) is 0 Å². The van der Waals surface area contributed by atoms with E-state index in [4.69, 9.17) is 0 Å². The molecule has 0 bridgehead atoms. The quantitative estimate of drug-likeness (QED) is 0.769. The Bertz CT molecular complexity index is 488. The van der Waals surface area contributed by atoms with Crippen LogP contribution in [0.3, 0.4) is 0 Å². The Morgan fingerprint density at radius 1 is 1.19 bits per heavy atom. The highest BCUT2D eigenvalue weighted by molar-refractivity contribution is 9.10. The lowest BCUT2D eigenvalue weighted by Gasteiger charge is -2.04. The molecule has 0 fully saturated rings. The van der Waals surface area contributed by atoms with E-state index in [1.54, 1.807) is 0 Å². The second kappa shape index (κ2) is 4.72. The van der Waals surface area contributed by atoms with Gasteiger partial charge in [-0.25, -0.2) is 4.98 Å². The number of rotatable bonds is 1. The summed E-state index contributed by atoms with van der Waals surface area (Å²) in [4.78, 5) is 4.45. The zero-order chi connectivity index (χ0) is 10.3. The summed E-state index contributed by atoms with van der Waals surface area (Å²) in [7, 11) is 0. The molecular weight excluding hydrogens is 332 g/mol. The third kappa shape index (κ3) is 1.96. The number of imidazole rings is 1. The van der Waals surface area contributed by atoms with Crippen molar-refractivity contribution in [3.8, 4) is 11.3 Å². The van der Waals surface area contributed by atoms with Crippen LogP contribution in [-0.2, 0) is 13.0 Å². The maximum absolute atomic E-state index is 4.45. The summed E-state index contributed by atoms with van der Waals surface area (Å²) in [5.41, 5.74) is 2.49. The largest absolute Gasteiger partial charge is 0.328 e. The molecule has 2 aromatic rings. The number of hydrogen-bond acceptors (Lipinski definition) is 1. The van der Waals surface area contributed by atoms with Crippen molar-refractivity contribution in [1.82, 2.24) is 9.55 Å². The fraction of sp³-hybridized carbons (Fsp3) is 0.250. The Labute approximate surface area is 114 Å². The van der Waals surface area contributed by atoms with E-state index < -0.39 is 0 Å². The van der Waals surface area contributed by atoms with Gasteiger partial charge in [0.15, 0.2) is 0 Å². The molecule has 2 nitrogen and oxygen atoms in total. The Balaban J connectivity index is 0.000000963. The number of hydrogen-bond donors (Lipinski definition) is 0. The number of nitrogens with zero attached hydrogens (tertiary/aromatic N) is 2. The predicted molar refractivity (Wildman–Crippen MR) is 74.0 cm³/mol. The number of halogens is 2. The van der Waals surface area contributed by atoms with Crippen molar-refractivity contribution in [3.63, 3.8) is 0 Å². The van der Waals surface area contributed by atoms with Crippen molar-refractivity contribution < 1.29 is 0 Å². The van der Waals surface area contributed by atoms with Crippen LogP contribution in [-0.4, -0.2) is 9.55 Å². The summed E-state index contributed by atoms with van der Waals surface area (Å²) < 4.78 is 3.44. The molecule has 16 heavy (non-hydrogen) atoms. The number of aromatic nitrogens is 2. The van der Waals surface area contributed by atoms with E-state index >= 15 is 0 Å². The molecule has 0 saturated carbocycles. The Kier molecular flexibility index (Phi) is 3.50. The zero-order valence-corrected chi connectivity index (χ0v) is 12.0. The van der Waals surface area contributed by atoms with Crippen molar-refractivity contribution in [2.75, 3.05) is 0 Å². The van der Waals surface area contributed by atoms with Crippen molar-refractivity contribution in [2.24, 2.45) is 0 Å². The van der Waals surface area contributed by atoms with Crippen LogP contribution in [0.5, 0.6) is 0 Å². The van der Waals surface area contributed by atoms with Crippen molar-refractivity contribution in [1.29, 1.82) is 0 Å². The topological polar surface area (TPSA) is 17.8 Å². The van der Waals surface area contributed by atoms with Crippen LogP contribution in [0.2, 0.25) is 0 Å². The normalized spacial score (nSPS) is 13.3. The van der Waals surface area contributed by atoms with Gasteiger partial charge in [0.05, 0.1) is 11.9 Å². The summed E-state index contributed by atoms with van der Waals surface area (Å²) in [6, 6.07) is 8.41. The van der Waals surface area contributed by atoms with Crippen LogP contribution >= 0.6 is 32.9 Å². The predicted octanol–water partition coefficient (Wildman–Crippen LogP) is 3.84. The fourth-order valence-electron chi connectivity index (χ4n) is 2.11. The van der Waals surface area contributed by atoms with Crippen molar-refractivity contribution >= 4 is 32.9 Å². The monoisotopic (exact) mass is 342 g/mol. The van der Waals surface area contributed by atoms with Crippen molar-refractivity contribution in [2.45, 2.75) is 19.4 Å². The van der Waals surface area contributed by atoms with Gasteiger partial charge < -0.3 is 4.57 Å². The van der Waals surface area contributed by atoms with Crippen LogP contribution in [0, 0.1) is 0 Å². The average molecular weight is 344 g/mol. The first-order chi connectivity index (χ1) is 7.34. The van der Waals surface area contributed by atoms with E-state index in [0.29, 0.717) is 0 Å². The van der Waals surface area contributed by atoms with Crippen LogP contribution < -0.4 is 0 Å². The highest BCUT2D eigenvalue weighted by atomic mass is 79.9. The number of fused-ring (bicyclic) bond motifs is 1. The van der Waals surface area contributed by atoms with E-state index in [1.165, 1.54) is 23.5 Å². The maximum atomic E-state index is 4.45. The lowest BCUT2D eigenvalue weighted by molar-refractivity contribution is 0.756. The molecule has 1 aromatic carbocycles. The van der Waals surface area contributed by atoms with Gasteiger partial charge in [0.25, 0.3) is 0 Å². The summed E-state index contributed by atoms with van der Waals surface area (Å²) in [6.07, 6.45) is 4.33. The van der Waals surface area contributed by atoms with Crippen LogP contribution in [0.4, 0.5) is 0 Å². The third-order valence-electron chi connectivity index (χ3n) is 2.86. The molecule has 4 heteroatoms. The molecule has 1 aromatic heterocycles. The lowest BCUT2D eigenvalue weighted by atomic mass is 10.2. The van der Waals surface area contributed by atoms with Gasteiger partial charge in [-0.2, -0.15) is 0 Å². The minimum absolute atomic E-state index is 0. The standard InChI is InChI=1S/C12H11BrN2.BrH/c13-10-5-3-9(4-6-10)11-8-14-12-2-1-7-15(11)12;/h3-6,8H,1-2,7H2;1H. The van der Waals surface area contributed by atoms with E-state index in [0.717, 1.165) is 17.4 Å². The van der Waals surface area contributed by atoms with Gasteiger partial charge in [-0.1, -0.05) is 28.1 Å². The van der Waals surface area contributed by atoms with Crippen LogP contribution in [0.25, 0.3) is 11.3 Å². The first kappa shape index (κ1) is 11.9. The first-order valence-corrected chi connectivity index (χ1v) is 5.94. The van der Waals surface area contributed by atoms with Gasteiger partial charge in [-0.05, 0) is 24.1 Å². The molecule has 0 N–H and O–H groups in total. The molecule has 0 unspecified atom stereocenters. The summed E-state index contributed by atoms with van der Waals surface area (Å²) in [5, 5.41) is 0. The molecular formula is C12H12Br2N2. The van der Waals surface area contributed by atoms with E-state index in [-0.39, 0.29) is 17.0 Å². The minimum Gasteiger partial charge on any atom is -0.328 e. The van der Waals surface area contributed by atoms with Gasteiger partial charge in [0.2, 0.25) is 0 Å². The molecule has 0 radical (unpaired) electrons. The van der Waals surface area contributed by atoms with Gasteiger partial charge in [0.1, 0.15) is 5.82 Å². The molecule has 1 aliphatic rings. The average Bonchev–Trinajstić information content (AvgIpc) is 2.80. The molecule has 0 atom stereocenters. The molecule has 0 saturated heterocycles. The van der Waals surface area contributed by atoms with E-state index in [1.807, 2.05) is 6.20 Å². The summed E-state index contributed by atoms with van der Waals surface area (Å²) in [6.45, 7) is 1.11.